The first-order valence-corrected chi connectivity index (χ1v) is 5.69. The fourth-order valence-electron chi connectivity index (χ4n) is 1.89. The molecule has 0 aromatic rings. The molecule has 1 rings (SSSR count). The molecule has 1 aliphatic rings. The van der Waals surface area contributed by atoms with Gasteiger partial charge in [-0.3, -0.25) is 0 Å². The summed E-state index contributed by atoms with van der Waals surface area (Å²) in [7, 11) is 0. The molecule has 0 bridgehead atoms. The standard InChI is InChI=1S/C11H23N3O/c1-4-9(5-10(12)14-15)13-7-8-6-11(8,2)3/h8-9,13,15H,4-7H2,1-3H3,(H2,12,14). The quantitative estimate of drug-likeness (QED) is 0.271. The van der Waals surface area contributed by atoms with Crippen LogP contribution in [0.25, 0.3) is 0 Å². The summed E-state index contributed by atoms with van der Waals surface area (Å²) < 4.78 is 0. The van der Waals surface area contributed by atoms with Crippen LogP contribution in [0.15, 0.2) is 5.16 Å². The van der Waals surface area contributed by atoms with Crippen LogP contribution in [0.2, 0.25) is 0 Å². The number of oxime groups is 1. The molecule has 4 N–H and O–H groups in total. The van der Waals surface area contributed by atoms with Crippen molar-refractivity contribution in [3.8, 4) is 0 Å². The molecule has 4 heteroatoms. The van der Waals surface area contributed by atoms with Gasteiger partial charge >= 0.3 is 0 Å². The van der Waals surface area contributed by atoms with Crippen molar-refractivity contribution < 1.29 is 5.21 Å². The summed E-state index contributed by atoms with van der Waals surface area (Å²) in [5, 5.41) is 15.0. The maximum Gasteiger partial charge on any atom is 0.140 e. The molecule has 0 spiro atoms. The lowest BCUT2D eigenvalue weighted by Crippen LogP contribution is -2.34. The molecule has 0 heterocycles. The molecule has 88 valence electrons. The van der Waals surface area contributed by atoms with Gasteiger partial charge in [0.1, 0.15) is 5.84 Å². The molecule has 1 saturated carbocycles. The zero-order valence-electron chi connectivity index (χ0n) is 9.95. The van der Waals surface area contributed by atoms with Crippen molar-refractivity contribution in [1.82, 2.24) is 5.32 Å². The smallest absolute Gasteiger partial charge is 0.140 e. The van der Waals surface area contributed by atoms with Crippen molar-refractivity contribution in [2.24, 2.45) is 22.2 Å². The molecule has 0 aromatic carbocycles. The maximum absolute atomic E-state index is 8.49. The van der Waals surface area contributed by atoms with Gasteiger partial charge in [-0.05, 0) is 30.7 Å². The molecule has 1 aliphatic carbocycles. The van der Waals surface area contributed by atoms with Crippen LogP contribution in [0, 0.1) is 11.3 Å². The molecule has 0 aliphatic heterocycles. The molecule has 0 aromatic heterocycles. The summed E-state index contributed by atoms with van der Waals surface area (Å²) in [6.45, 7) is 7.75. The zero-order valence-corrected chi connectivity index (χ0v) is 9.95. The van der Waals surface area contributed by atoms with Gasteiger partial charge in [-0.1, -0.05) is 25.9 Å². The Morgan fingerprint density at radius 2 is 2.27 bits per heavy atom. The predicted molar refractivity (Wildman–Crippen MR) is 62.0 cm³/mol. The van der Waals surface area contributed by atoms with Crippen LogP contribution in [0.1, 0.15) is 40.0 Å². The van der Waals surface area contributed by atoms with Gasteiger partial charge in [-0.15, -0.1) is 0 Å². The summed E-state index contributed by atoms with van der Waals surface area (Å²) in [4.78, 5) is 0. The van der Waals surface area contributed by atoms with E-state index in [1.165, 1.54) is 6.42 Å². The first-order valence-electron chi connectivity index (χ1n) is 5.69. The van der Waals surface area contributed by atoms with Gasteiger partial charge in [0.15, 0.2) is 0 Å². The molecule has 2 atom stereocenters. The molecular weight excluding hydrogens is 190 g/mol. The van der Waals surface area contributed by atoms with Crippen molar-refractivity contribution in [2.45, 2.75) is 46.1 Å². The van der Waals surface area contributed by atoms with Gasteiger partial charge in [0.25, 0.3) is 0 Å². The van der Waals surface area contributed by atoms with Crippen LogP contribution in [0.3, 0.4) is 0 Å². The number of nitrogens with one attached hydrogen (secondary N) is 1. The van der Waals surface area contributed by atoms with Crippen molar-refractivity contribution in [3.05, 3.63) is 0 Å². The van der Waals surface area contributed by atoms with Crippen LogP contribution in [0.5, 0.6) is 0 Å². The number of hydrogen-bond acceptors (Lipinski definition) is 3. The van der Waals surface area contributed by atoms with Crippen LogP contribution in [-0.2, 0) is 0 Å². The third-order valence-corrected chi connectivity index (χ3v) is 3.45. The summed E-state index contributed by atoms with van der Waals surface area (Å²) in [6.07, 6.45) is 2.93. The van der Waals surface area contributed by atoms with Gasteiger partial charge in [-0.2, -0.15) is 0 Å². The number of hydrogen-bond donors (Lipinski definition) is 3. The second-order valence-corrected chi connectivity index (χ2v) is 5.20. The number of rotatable bonds is 6. The Bertz CT molecular complexity index is 238. The minimum absolute atomic E-state index is 0.310. The minimum Gasteiger partial charge on any atom is -0.409 e. The Labute approximate surface area is 91.9 Å². The topological polar surface area (TPSA) is 70.6 Å². The largest absolute Gasteiger partial charge is 0.409 e. The van der Waals surface area contributed by atoms with E-state index in [1.807, 2.05) is 0 Å². The second kappa shape index (κ2) is 4.84. The van der Waals surface area contributed by atoms with E-state index in [4.69, 9.17) is 10.9 Å². The lowest BCUT2D eigenvalue weighted by Gasteiger charge is -2.16. The lowest BCUT2D eigenvalue weighted by molar-refractivity contribution is 0.315. The average molecular weight is 213 g/mol. The van der Waals surface area contributed by atoms with Crippen LogP contribution in [-0.4, -0.2) is 23.6 Å². The molecule has 0 amide bonds. The van der Waals surface area contributed by atoms with E-state index >= 15 is 0 Å². The van der Waals surface area contributed by atoms with Crippen LogP contribution in [0.4, 0.5) is 0 Å². The minimum atomic E-state index is 0.310. The van der Waals surface area contributed by atoms with E-state index in [-0.39, 0.29) is 0 Å². The Hall–Kier alpha value is -0.770. The van der Waals surface area contributed by atoms with Crippen LogP contribution < -0.4 is 11.1 Å². The van der Waals surface area contributed by atoms with Crippen molar-refractivity contribution in [1.29, 1.82) is 0 Å². The van der Waals surface area contributed by atoms with E-state index < -0.39 is 0 Å². The number of amidine groups is 1. The Morgan fingerprint density at radius 3 is 2.67 bits per heavy atom. The van der Waals surface area contributed by atoms with E-state index in [9.17, 15) is 0 Å². The highest BCUT2D eigenvalue weighted by molar-refractivity contribution is 5.80. The van der Waals surface area contributed by atoms with Gasteiger partial charge < -0.3 is 16.3 Å². The van der Waals surface area contributed by atoms with E-state index in [1.54, 1.807) is 0 Å². The highest BCUT2D eigenvalue weighted by Crippen LogP contribution is 2.51. The fourth-order valence-corrected chi connectivity index (χ4v) is 1.89. The number of nitrogens with zero attached hydrogens (tertiary/aromatic N) is 1. The van der Waals surface area contributed by atoms with Gasteiger partial charge in [0.2, 0.25) is 0 Å². The zero-order chi connectivity index (χ0) is 11.5. The van der Waals surface area contributed by atoms with Crippen molar-refractivity contribution >= 4 is 5.84 Å². The molecule has 0 saturated heterocycles. The highest BCUT2D eigenvalue weighted by Gasteiger charge is 2.44. The summed E-state index contributed by atoms with van der Waals surface area (Å²) >= 11 is 0. The van der Waals surface area contributed by atoms with Gasteiger partial charge in [0, 0.05) is 12.5 Å². The Morgan fingerprint density at radius 1 is 1.67 bits per heavy atom. The Balaban J connectivity index is 2.23. The molecule has 2 unspecified atom stereocenters. The Kier molecular flexibility index (Phi) is 3.97. The summed E-state index contributed by atoms with van der Waals surface area (Å²) in [5.74, 6) is 1.10. The van der Waals surface area contributed by atoms with Gasteiger partial charge in [0.05, 0.1) is 0 Å². The van der Waals surface area contributed by atoms with E-state index in [2.05, 4.69) is 31.2 Å². The molecule has 4 nitrogen and oxygen atoms in total. The monoisotopic (exact) mass is 213 g/mol. The fraction of sp³-hybridized carbons (Fsp3) is 0.909. The van der Waals surface area contributed by atoms with Crippen LogP contribution >= 0.6 is 0 Å². The molecule has 1 fully saturated rings. The lowest BCUT2D eigenvalue weighted by atomic mass is 10.1. The molecular formula is C11H23N3O. The summed E-state index contributed by atoms with van der Waals surface area (Å²) in [6, 6.07) is 0.331. The molecule has 15 heavy (non-hydrogen) atoms. The third-order valence-electron chi connectivity index (χ3n) is 3.45. The predicted octanol–water partition coefficient (Wildman–Crippen LogP) is 1.54. The number of nitrogens with two attached hydrogens (primary N) is 1. The summed E-state index contributed by atoms with van der Waals surface area (Å²) in [5.41, 5.74) is 6.00. The van der Waals surface area contributed by atoms with Crippen molar-refractivity contribution in [2.75, 3.05) is 6.54 Å². The molecule has 0 radical (unpaired) electrons. The van der Waals surface area contributed by atoms with Gasteiger partial charge in [-0.25, -0.2) is 0 Å². The van der Waals surface area contributed by atoms with E-state index in [0.717, 1.165) is 18.9 Å². The third kappa shape index (κ3) is 3.70. The highest BCUT2D eigenvalue weighted by atomic mass is 16.4. The maximum atomic E-state index is 8.49. The van der Waals surface area contributed by atoms with Crippen molar-refractivity contribution in [3.63, 3.8) is 0 Å². The first-order chi connectivity index (χ1) is 6.99. The normalized spacial score (nSPS) is 26.3. The SMILES string of the molecule is CCC(CC(N)=NO)NCC1CC1(C)C. The second-order valence-electron chi connectivity index (χ2n) is 5.20. The average Bonchev–Trinajstić information content (AvgIpc) is 2.80. The first kappa shape index (κ1) is 12.3. The van der Waals surface area contributed by atoms with E-state index in [0.29, 0.717) is 23.7 Å².